The van der Waals surface area contributed by atoms with Crippen LogP contribution in [0.3, 0.4) is 0 Å². The molecule has 2 N–H and O–H groups in total. The first-order valence-corrected chi connectivity index (χ1v) is 21.4. The number of alkyl halides is 1. The second-order valence-electron chi connectivity index (χ2n) is 17.8. The number of carbonyl (C=O) groups excluding carboxylic acids is 2. The quantitative estimate of drug-likeness (QED) is 0.0984. The van der Waals surface area contributed by atoms with Gasteiger partial charge in [-0.2, -0.15) is 0 Å². The van der Waals surface area contributed by atoms with Gasteiger partial charge in [-0.15, -0.1) is 11.6 Å². The number of benzene rings is 1. The van der Waals surface area contributed by atoms with Gasteiger partial charge in [0.05, 0.1) is 35.7 Å². The van der Waals surface area contributed by atoms with Gasteiger partial charge in [0.1, 0.15) is 11.2 Å². The van der Waals surface area contributed by atoms with Crippen molar-refractivity contribution in [1.29, 1.82) is 0 Å². The summed E-state index contributed by atoms with van der Waals surface area (Å²) in [5, 5.41) is 22.7. The molecule has 1 saturated heterocycles. The van der Waals surface area contributed by atoms with E-state index in [2.05, 4.69) is 33.9 Å². The lowest BCUT2D eigenvalue weighted by Gasteiger charge is -2.64. The Morgan fingerprint density at radius 2 is 1.71 bits per heavy atom. The van der Waals surface area contributed by atoms with Crippen molar-refractivity contribution < 1.29 is 47.9 Å². The molecule has 3 fully saturated rings. The maximum absolute atomic E-state index is 15.7. The van der Waals surface area contributed by atoms with Crippen molar-refractivity contribution >= 4 is 31.7 Å². The van der Waals surface area contributed by atoms with Crippen LogP contribution in [0, 0.1) is 16.7 Å². The molecule has 3 aliphatic carbocycles. The standard InChI is InChI=1S/C39H59ClO10Si/c1-22-25(50-51(12,13)34(3,4)5)20-39-32(47-33(49-39)24-17-15-14-16-18-24)30-37(10,31(43)29(46-23(2)42)28(22)35(39,6)7)27(48-36(8,9)45-11)19-26(40)38(30,44)21-41/h14-18,25-27,29-30,32-33,41,44H,19-21H2,1-13H3/t25-,26-,27-,29+,30-,32-,33-,37+,38-,39+/m0/s1. The minimum atomic E-state index is -2.46. The average molecular weight is 751 g/mol. The Morgan fingerprint density at radius 3 is 2.24 bits per heavy atom. The second-order valence-corrected chi connectivity index (χ2v) is 23.1. The van der Waals surface area contributed by atoms with E-state index in [1.165, 1.54) is 14.0 Å². The molecule has 1 aliphatic heterocycles. The van der Waals surface area contributed by atoms with Gasteiger partial charge in [0, 0.05) is 37.4 Å². The summed E-state index contributed by atoms with van der Waals surface area (Å²) in [7, 11) is -0.958. The van der Waals surface area contributed by atoms with Crippen LogP contribution >= 0.6 is 11.6 Å². The average Bonchev–Trinajstić information content (AvgIpc) is 3.40. The number of aliphatic hydroxyl groups is 2. The van der Waals surface area contributed by atoms with Crippen LogP contribution in [0.1, 0.15) is 93.9 Å². The highest BCUT2D eigenvalue weighted by molar-refractivity contribution is 6.74. The lowest BCUT2D eigenvalue weighted by atomic mass is 9.45. The summed E-state index contributed by atoms with van der Waals surface area (Å²) < 4.78 is 40.0. The predicted octanol–water partition coefficient (Wildman–Crippen LogP) is 6.62. The zero-order valence-corrected chi connectivity index (χ0v) is 34.3. The van der Waals surface area contributed by atoms with Gasteiger partial charge < -0.3 is 38.3 Å². The zero-order valence-electron chi connectivity index (χ0n) is 32.6. The summed E-state index contributed by atoms with van der Waals surface area (Å²) in [6.07, 6.45) is -4.58. The second kappa shape index (κ2) is 13.3. The zero-order chi connectivity index (χ0) is 38.3. The number of carbonyl (C=O) groups is 2. The van der Waals surface area contributed by atoms with Crippen LogP contribution in [0.25, 0.3) is 0 Å². The highest BCUT2D eigenvalue weighted by Gasteiger charge is 2.77. The third-order valence-electron chi connectivity index (χ3n) is 13.1. The molecule has 0 radical (unpaired) electrons. The number of esters is 1. The first kappa shape index (κ1) is 40.5. The number of fused-ring (bicyclic) bond motifs is 3. The summed E-state index contributed by atoms with van der Waals surface area (Å²) in [5.41, 5.74) is -3.93. The van der Waals surface area contributed by atoms with Crippen LogP contribution in [0.15, 0.2) is 41.5 Å². The van der Waals surface area contributed by atoms with E-state index >= 15 is 4.79 Å². The maximum atomic E-state index is 15.7. The molecular weight excluding hydrogens is 692 g/mol. The van der Waals surface area contributed by atoms with E-state index in [1.54, 1.807) is 20.8 Å². The van der Waals surface area contributed by atoms with Gasteiger partial charge in [0.2, 0.25) is 0 Å². The van der Waals surface area contributed by atoms with Gasteiger partial charge in [0.25, 0.3) is 0 Å². The Bertz CT molecular complexity index is 1540. The number of halogens is 1. The molecule has 1 aromatic carbocycles. The van der Waals surface area contributed by atoms with Crippen molar-refractivity contribution in [2.24, 2.45) is 16.7 Å². The number of ketones is 1. The molecule has 2 bridgehead atoms. The Hall–Kier alpha value is -1.67. The van der Waals surface area contributed by atoms with Crippen molar-refractivity contribution in [3.63, 3.8) is 0 Å². The number of hydrogen-bond donors (Lipinski definition) is 2. The lowest BCUT2D eigenvalue weighted by molar-refractivity contribution is -0.288. The van der Waals surface area contributed by atoms with E-state index in [1.807, 2.05) is 51.1 Å². The number of rotatable bonds is 8. The number of hydrogen-bond acceptors (Lipinski definition) is 10. The first-order chi connectivity index (χ1) is 23.3. The van der Waals surface area contributed by atoms with Gasteiger partial charge in [0.15, 0.2) is 32.3 Å². The minimum Gasteiger partial charge on any atom is -0.450 e. The van der Waals surface area contributed by atoms with E-state index < -0.39 is 96.5 Å². The summed E-state index contributed by atoms with van der Waals surface area (Å²) in [4.78, 5) is 28.8. The molecule has 0 amide bonds. The van der Waals surface area contributed by atoms with Crippen molar-refractivity contribution in [1.82, 2.24) is 0 Å². The largest absolute Gasteiger partial charge is 0.450 e. The van der Waals surface area contributed by atoms with Gasteiger partial charge in [-0.3, -0.25) is 9.59 Å². The Kier molecular flexibility index (Phi) is 10.5. The maximum Gasteiger partial charge on any atom is 0.303 e. The molecule has 51 heavy (non-hydrogen) atoms. The first-order valence-electron chi connectivity index (χ1n) is 18.0. The van der Waals surface area contributed by atoms with Crippen LogP contribution in [-0.4, -0.2) is 90.8 Å². The highest BCUT2D eigenvalue weighted by Crippen LogP contribution is 2.67. The third-order valence-corrected chi connectivity index (χ3v) is 18.1. The predicted molar refractivity (Wildman–Crippen MR) is 195 cm³/mol. The van der Waals surface area contributed by atoms with E-state index in [-0.39, 0.29) is 11.5 Å². The topological polar surface area (TPSA) is 130 Å². The summed E-state index contributed by atoms with van der Waals surface area (Å²) in [6, 6.07) is 9.51. The summed E-state index contributed by atoms with van der Waals surface area (Å²) in [6.45, 7) is 22.4. The molecule has 12 heteroatoms. The Labute approximate surface area is 309 Å². The molecule has 1 spiro atoms. The normalized spacial score (nSPS) is 38.4. The molecule has 286 valence electrons. The van der Waals surface area contributed by atoms with Crippen molar-refractivity contribution in [3.8, 4) is 0 Å². The van der Waals surface area contributed by atoms with Gasteiger partial charge in [-0.1, -0.05) is 65.0 Å². The van der Waals surface area contributed by atoms with Crippen LogP contribution in [-0.2, 0) is 37.7 Å². The fourth-order valence-electron chi connectivity index (χ4n) is 8.97. The van der Waals surface area contributed by atoms with E-state index in [9.17, 15) is 15.0 Å². The SMILES string of the molecule is COC(C)(C)O[C@H]1C[C@H](Cl)[C@@](O)(CO)[C@H]2[C@@H]3O[C@H](c4ccccc4)O[C@]34C[C@H](O[Si](C)(C)C(C)(C)C)C(C)=C([C@@H](OC(C)=O)C(=O)[C@]12C)C4(C)C. The number of methoxy groups -OCH3 is 1. The molecule has 1 aromatic rings. The monoisotopic (exact) mass is 750 g/mol. The van der Waals surface area contributed by atoms with E-state index in [0.29, 0.717) is 12.0 Å². The van der Waals surface area contributed by atoms with Gasteiger partial charge in [-0.05, 0) is 63.4 Å². The molecule has 10 nitrogen and oxygen atoms in total. The number of aliphatic hydroxyl groups excluding tert-OH is 1. The van der Waals surface area contributed by atoms with Crippen LogP contribution in [0.2, 0.25) is 18.1 Å². The number of Topliss-reactive ketones (excluding diaryl/α,β-unsaturated/α-hetero) is 1. The number of ether oxygens (including phenoxy) is 5. The smallest absolute Gasteiger partial charge is 0.303 e. The highest BCUT2D eigenvalue weighted by atomic mass is 35.5. The summed E-state index contributed by atoms with van der Waals surface area (Å²) >= 11 is 7.12. The van der Waals surface area contributed by atoms with E-state index in [0.717, 1.165) is 11.1 Å². The molecule has 10 atom stereocenters. The molecular formula is C39H59ClO10Si. The van der Waals surface area contributed by atoms with Crippen molar-refractivity contribution in [2.45, 2.75) is 153 Å². The fraction of sp³-hybridized carbons (Fsp3) is 0.744. The molecule has 0 unspecified atom stereocenters. The van der Waals surface area contributed by atoms with E-state index in [4.69, 9.17) is 39.7 Å². The molecule has 4 aliphatic rings. The molecule has 0 aromatic heterocycles. The van der Waals surface area contributed by atoms with Crippen LogP contribution in [0.4, 0.5) is 0 Å². The Morgan fingerprint density at radius 1 is 1.10 bits per heavy atom. The lowest BCUT2D eigenvalue weighted by Crippen LogP contribution is -2.77. The summed E-state index contributed by atoms with van der Waals surface area (Å²) in [5.74, 6) is -3.53. The fourth-order valence-corrected chi connectivity index (χ4v) is 10.7. The van der Waals surface area contributed by atoms with Gasteiger partial charge >= 0.3 is 5.97 Å². The molecule has 1 heterocycles. The van der Waals surface area contributed by atoms with Gasteiger partial charge in [-0.25, -0.2) is 0 Å². The third kappa shape index (κ3) is 6.30. The minimum absolute atomic E-state index is 0.0157. The van der Waals surface area contributed by atoms with Crippen LogP contribution < -0.4 is 0 Å². The molecule has 2 saturated carbocycles. The van der Waals surface area contributed by atoms with Crippen molar-refractivity contribution in [2.75, 3.05) is 13.7 Å². The molecule has 5 rings (SSSR count). The Balaban J connectivity index is 1.90. The van der Waals surface area contributed by atoms with Crippen LogP contribution in [0.5, 0.6) is 0 Å². The van der Waals surface area contributed by atoms with Crippen molar-refractivity contribution in [3.05, 3.63) is 47.0 Å².